The first kappa shape index (κ1) is 17.9. The van der Waals surface area contributed by atoms with E-state index in [0.29, 0.717) is 40.5 Å². The molecule has 4 rings (SSSR count). The van der Waals surface area contributed by atoms with Gasteiger partial charge in [-0.2, -0.15) is 4.98 Å². The molecule has 0 radical (unpaired) electrons. The molecule has 0 atom stereocenters. The van der Waals surface area contributed by atoms with Gasteiger partial charge < -0.3 is 9.84 Å². The minimum atomic E-state index is -0.117. The van der Waals surface area contributed by atoms with Gasteiger partial charge in [0.05, 0.1) is 22.5 Å². The molecule has 138 valence electrons. The largest absolute Gasteiger partial charge is 0.339 e. The van der Waals surface area contributed by atoms with E-state index >= 15 is 0 Å². The van der Waals surface area contributed by atoms with E-state index in [0.717, 1.165) is 5.56 Å². The molecule has 0 bridgehead atoms. The molecule has 2 aromatic heterocycles. The molecule has 1 N–H and O–H groups in total. The van der Waals surface area contributed by atoms with Crippen molar-refractivity contribution in [3.8, 4) is 11.4 Å². The number of likely N-dealkylation sites (tertiary alicyclic amines) is 1. The number of halogens is 2. The summed E-state index contributed by atoms with van der Waals surface area (Å²) >= 11 is 11.8. The molecule has 1 fully saturated rings. The third-order valence-corrected chi connectivity index (χ3v) is 4.98. The summed E-state index contributed by atoms with van der Waals surface area (Å²) in [4.78, 5) is 22.6. The molecule has 3 heterocycles. The van der Waals surface area contributed by atoms with Crippen molar-refractivity contribution in [1.29, 1.82) is 0 Å². The average Bonchev–Trinajstić information content (AvgIpc) is 3.11. The fourth-order valence-electron chi connectivity index (χ4n) is 2.85. The van der Waals surface area contributed by atoms with Gasteiger partial charge in [0.15, 0.2) is 0 Å². The van der Waals surface area contributed by atoms with Crippen molar-refractivity contribution in [1.82, 2.24) is 20.0 Å². The summed E-state index contributed by atoms with van der Waals surface area (Å²) in [5, 5.41) is 7.66. The van der Waals surface area contributed by atoms with E-state index in [1.807, 2.05) is 17.0 Å². The van der Waals surface area contributed by atoms with Crippen LogP contribution in [-0.2, 0) is 4.79 Å². The Hall–Kier alpha value is -2.48. The minimum absolute atomic E-state index is 0.117. The molecule has 27 heavy (non-hydrogen) atoms. The van der Waals surface area contributed by atoms with Crippen LogP contribution in [0.4, 0.5) is 5.69 Å². The number of carbonyl (C=O) groups is 1. The third-order valence-electron chi connectivity index (χ3n) is 4.24. The lowest BCUT2D eigenvalue weighted by atomic mass is 10.0. The summed E-state index contributed by atoms with van der Waals surface area (Å²) in [5.41, 5.74) is 1.43. The SMILES string of the molecule is O=C(CN1CC(c2nc(-c3cccnc3)no2)C1)Nc1ccc(Cl)c(Cl)c1. The van der Waals surface area contributed by atoms with Crippen LogP contribution in [0.1, 0.15) is 11.8 Å². The van der Waals surface area contributed by atoms with E-state index in [4.69, 9.17) is 27.7 Å². The number of anilines is 1. The molecule has 0 spiro atoms. The molecule has 1 amide bonds. The van der Waals surface area contributed by atoms with Crippen LogP contribution in [0, 0.1) is 0 Å². The maximum Gasteiger partial charge on any atom is 0.238 e. The molecular weight excluding hydrogens is 389 g/mol. The van der Waals surface area contributed by atoms with Crippen LogP contribution in [0.15, 0.2) is 47.2 Å². The van der Waals surface area contributed by atoms with Gasteiger partial charge in [-0.3, -0.25) is 14.7 Å². The Kier molecular flexibility index (Phi) is 5.07. The van der Waals surface area contributed by atoms with Gasteiger partial charge in [0, 0.05) is 36.7 Å². The van der Waals surface area contributed by atoms with Crippen molar-refractivity contribution < 1.29 is 9.32 Å². The quantitative estimate of drug-likeness (QED) is 0.701. The highest BCUT2D eigenvalue weighted by Crippen LogP contribution is 2.28. The first-order chi connectivity index (χ1) is 13.1. The molecule has 1 aliphatic rings. The lowest BCUT2D eigenvalue weighted by molar-refractivity contribution is -0.118. The minimum Gasteiger partial charge on any atom is -0.339 e. The predicted molar refractivity (Wildman–Crippen MR) is 102 cm³/mol. The lowest BCUT2D eigenvalue weighted by Gasteiger charge is -2.36. The van der Waals surface area contributed by atoms with Crippen molar-refractivity contribution in [2.75, 3.05) is 25.0 Å². The average molecular weight is 404 g/mol. The van der Waals surface area contributed by atoms with Crippen LogP contribution in [0.3, 0.4) is 0 Å². The third kappa shape index (κ3) is 4.10. The zero-order chi connectivity index (χ0) is 18.8. The molecule has 0 unspecified atom stereocenters. The van der Waals surface area contributed by atoms with Crippen molar-refractivity contribution in [3.63, 3.8) is 0 Å². The van der Waals surface area contributed by atoms with Crippen molar-refractivity contribution in [2.24, 2.45) is 0 Å². The summed E-state index contributed by atoms with van der Waals surface area (Å²) in [6, 6.07) is 8.68. The van der Waals surface area contributed by atoms with Crippen LogP contribution in [0.25, 0.3) is 11.4 Å². The van der Waals surface area contributed by atoms with Crippen LogP contribution in [0.2, 0.25) is 10.0 Å². The highest BCUT2D eigenvalue weighted by Gasteiger charge is 2.33. The second-order valence-electron chi connectivity index (χ2n) is 6.27. The summed E-state index contributed by atoms with van der Waals surface area (Å²) in [7, 11) is 0. The van der Waals surface area contributed by atoms with Crippen LogP contribution < -0.4 is 5.32 Å². The van der Waals surface area contributed by atoms with E-state index in [1.54, 1.807) is 30.6 Å². The summed E-state index contributed by atoms with van der Waals surface area (Å²) in [6.07, 6.45) is 3.38. The number of rotatable bonds is 5. The van der Waals surface area contributed by atoms with E-state index in [1.165, 1.54) is 0 Å². The predicted octanol–water partition coefficient (Wildman–Crippen LogP) is 3.48. The number of hydrogen-bond acceptors (Lipinski definition) is 6. The van der Waals surface area contributed by atoms with E-state index in [9.17, 15) is 4.79 Å². The molecular formula is C18H15Cl2N5O2. The molecule has 0 aliphatic carbocycles. The van der Waals surface area contributed by atoms with Gasteiger partial charge in [0.2, 0.25) is 17.6 Å². The summed E-state index contributed by atoms with van der Waals surface area (Å²) in [5.74, 6) is 1.11. The Morgan fingerprint density at radius 2 is 2.11 bits per heavy atom. The number of aromatic nitrogens is 3. The monoisotopic (exact) mass is 403 g/mol. The summed E-state index contributed by atoms with van der Waals surface area (Å²) < 4.78 is 5.35. The molecule has 0 saturated carbocycles. The molecule has 9 heteroatoms. The Bertz CT molecular complexity index is 957. The zero-order valence-electron chi connectivity index (χ0n) is 14.1. The maximum absolute atomic E-state index is 12.2. The number of nitrogens with zero attached hydrogens (tertiary/aromatic N) is 4. The van der Waals surface area contributed by atoms with Gasteiger partial charge in [0.25, 0.3) is 0 Å². The lowest BCUT2D eigenvalue weighted by Crippen LogP contribution is -2.48. The van der Waals surface area contributed by atoms with Crippen molar-refractivity contribution >= 4 is 34.8 Å². The number of hydrogen-bond donors (Lipinski definition) is 1. The highest BCUT2D eigenvalue weighted by atomic mass is 35.5. The van der Waals surface area contributed by atoms with Gasteiger partial charge in [-0.15, -0.1) is 0 Å². The van der Waals surface area contributed by atoms with Crippen LogP contribution >= 0.6 is 23.2 Å². The second kappa shape index (κ2) is 7.64. The smallest absolute Gasteiger partial charge is 0.238 e. The molecule has 3 aromatic rings. The normalized spacial score (nSPS) is 14.7. The Labute approximate surface area is 165 Å². The highest BCUT2D eigenvalue weighted by molar-refractivity contribution is 6.42. The van der Waals surface area contributed by atoms with Gasteiger partial charge in [-0.1, -0.05) is 28.4 Å². The molecule has 7 nitrogen and oxygen atoms in total. The Morgan fingerprint density at radius 3 is 2.85 bits per heavy atom. The second-order valence-corrected chi connectivity index (χ2v) is 7.08. The maximum atomic E-state index is 12.2. The standard InChI is InChI=1S/C18H15Cl2N5O2/c19-14-4-3-13(6-15(14)20)22-16(26)10-25-8-12(9-25)18-23-17(24-27-18)11-2-1-5-21-7-11/h1-7,12H,8-10H2,(H,22,26). The fourth-order valence-corrected chi connectivity index (χ4v) is 3.14. The molecule has 1 aliphatic heterocycles. The van der Waals surface area contributed by atoms with Crippen molar-refractivity contribution in [3.05, 3.63) is 58.7 Å². The number of nitrogens with one attached hydrogen (secondary N) is 1. The van der Waals surface area contributed by atoms with Gasteiger partial charge in [-0.25, -0.2) is 0 Å². The number of amides is 1. The van der Waals surface area contributed by atoms with Crippen LogP contribution in [0.5, 0.6) is 0 Å². The Morgan fingerprint density at radius 1 is 1.26 bits per heavy atom. The van der Waals surface area contributed by atoms with E-state index in [-0.39, 0.29) is 18.4 Å². The van der Waals surface area contributed by atoms with Gasteiger partial charge >= 0.3 is 0 Å². The zero-order valence-corrected chi connectivity index (χ0v) is 15.6. The van der Waals surface area contributed by atoms with Gasteiger partial charge in [0.1, 0.15) is 0 Å². The van der Waals surface area contributed by atoms with E-state index in [2.05, 4.69) is 20.4 Å². The molecule has 1 saturated heterocycles. The Balaban J connectivity index is 1.29. The fraction of sp³-hybridized carbons (Fsp3) is 0.222. The van der Waals surface area contributed by atoms with Crippen molar-refractivity contribution in [2.45, 2.75) is 5.92 Å². The van der Waals surface area contributed by atoms with E-state index < -0.39 is 0 Å². The van der Waals surface area contributed by atoms with Gasteiger partial charge in [-0.05, 0) is 30.3 Å². The number of carbonyl (C=O) groups excluding carboxylic acids is 1. The first-order valence-electron chi connectivity index (χ1n) is 8.30. The first-order valence-corrected chi connectivity index (χ1v) is 9.05. The number of benzene rings is 1. The van der Waals surface area contributed by atoms with Crippen LogP contribution in [-0.4, -0.2) is 45.6 Å². The topological polar surface area (TPSA) is 84.2 Å². The number of pyridine rings is 1. The summed E-state index contributed by atoms with van der Waals surface area (Å²) in [6.45, 7) is 1.65. The molecule has 1 aromatic carbocycles.